The standard InChI is InChI=1S/C16H13N3O2S/c1-20-11-5-3-9(7-12(11)21-2)16-19-15-13(22-16)6-4-10-14(15)18-8-17-10/h3-8H,1-2H3,(H,17,18). The second-order valence-corrected chi connectivity index (χ2v) is 5.83. The van der Waals surface area contributed by atoms with E-state index in [0.29, 0.717) is 11.5 Å². The molecule has 0 radical (unpaired) electrons. The highest BCUT2D eigenvalue weighted by molar-refractivity contribution is 7.21. The summed E-state index contributed by atoms with van der Waals surface area (Å²) in [6.45, 7) is 0. The molecule has 0 atom stereocenters. The van der Waals surface area contributed by atoms with E-state index in [9.17, 15) is 0 Å². The van der Waals surface area contributed by atoms with E-state index in [1.165, 1.54) is 0 Å². The van der Waals surface area contributed by atoms with Crippen molar-refractivity contribution in [3.05, 3.63) is 36.7 Å². The average molecular weight is 311 g/mol. The summed E-state index contributed by atoms with van der Waals surface area (Å²) in [5.74, 6) is 1.41. The Balaban J connectivity index is 1.90. The van der Waals surface area contributed by atoms with Gasteiger partial charge in [0.2, 0.25) is 0 Å². The van der Waals surface area contributed by atoms with Gasteiger partial charge in [0, 0.05) is 5.56 Å². The van der Waals surface area contributed by atoms with Gasteiger partial charge in [0.05, 0.1) is 30.8 Å². The Hall–Kier alpha value is -2.60. The molecular weight excluding hydrogens is 298 g/mol. The van der Waals surface area contributed by atoms with E-state index in [4.69, 9.17) is 14.5 Å². The smallest absolute Gasteiger partial charge is 0.161 e. The van der Waals surface area contributed by atoms with Crippen molar-refractivity contribution in [2.24, 2.45) is 0 Å². The first-order valence-corrected chi connectivity index (χ1v) is 7.57. The largest absolute Gasteiger partial charge is 0.493 e. The quantitative estimate of drug-likeness (QED) is 0.624. The van der Waals surface area contributed by atoms with Crippen LogP contribution in [0.1, 0.15) is 0 Å². The monoisotopic (exact) mass is 311 g/mol. The fourth-order valence-corrected chi connectivity index (χ4v) is 3.45. The molecule has 110 valence electrons. The van der Waals surface area contributed by atoms with Crippen LogP contribution in [0.2, 0.25) is 0 Å². The number of aromatic nitrogens is 3. The van der Waals surface area contributed by atoms with Gasteiger partial charge in [-0.3, -0.25) is 0 Å². The van der Waals surface area contributed by atoms with Crippen LogP contribution in [0, 0.1) is 0 Å². The molecule has 0 saturated heterocycles. The number of hydrogen-bond acceptors (Lipinski definition) is 5. The van der Waals surface area contributed by atoms with Crippen LogP contribution in [0.25, 0.3) is 31.8 Å². The molecule has 2 aromatic carbocycles. The lowest BCUT2D eigenvalue weighted by molar-refractivity contribution is 0.355. The molecule has 2 heterocycles. The van der Waals surface area contributed by atoms with Gasteiger partial charge >= 0.3 is 0 Å². The fraction of sp³-hybridized carbons (Fsp3) is 0.125. The number of methoxy groups -OCH3 is 2. The van der Waals surface area contributed by atoms with Gasteiger partial charge in [-0.05, 0) is 30.3 Å². The third kappa shape index (κ3) is 1.92. The summed E-state index contributed by atoms with van der Waals surface area (Å²) < 4.78 is 11.8. The van der Waals surface area contributed by atoms with Crippen molar-refractivity contribution in [2.75, 3.05) is 14.2 Å². The topological polar surface area (TPSA) is 60.0 Å². The Bertz CT molecular complexity index is 974. The van der Waals surface area contributed by atoms with Crippen molar-refractivity contribution in [3.8, 4) is 22.1 Å². The predicted molar refractivity (Wildman–Crippen MR) is 87.8 cm³/mol. The molecule has 22 heavy (non-hydrogen) atoms. The van der Waals surface area contributed by atoms with Crippen molar-refractivity contribution in [3.63, 3.8) is 0 Å². The van der Waals surface area contributed by atoms with Crippen molar-refractivity contribution < 1.29 is 9.47 Å². The van der Waals surface area contributed by atoms with E-state index in [1.54, 1.807) is 31.9 Å². The second kappa shape index (κ2) is 4.99. The highest BCUT2D eigenvalue weighted by Crippen LogP contribution is 2.37. The first-order valence-electron chi connectivity index (χ1n) is 6.75. The van der Waals surface area contributed by atoms with Crippen LogP contribution in [-0.2, 0) is 0 Å². The van der Waals surface area contributed by atoms with Crippen LogP contribution in [0.5, 0.6) is 11.5 Å². The maximum Gasteiger partial charge on any atom is 0.161 e. The number of imidazole rings is 1. The van der Waals surface area contributed by atoms with E-state index in [2.05, 4.69) is 16.0 Å². The molecule has 0 aliphatic heterocycles. The van der Waals surface area contributed by atoms with E-state index in [-0.39, 0.29) is 0 Å². The average Bonchev–Trinajstić information content (AvgIpc) is 3.19. The number of nitrogens with zero attached hydrogens (tertiary/aromatic N) is 2. The summed E-state index contributed by atoms with van der Waals surface area (Å²) in [4.78, 5) is 12.2. The van der Waals surface area contributed by atoms with E-state index < -0.39 is 0 Å². The van der Waals surface area contributed by atoms with E-state index >= 15 is 0 Å². The molecule has 6 heteroatoms. The van der Waals surface area contributed by atoms with Crippen molar-refractivity contribution >= 4 is 32.6 Å². The minimum Gasteiger partial charge on any atom is -0.493 e. The van der Waals surface area contributed by atoms with E-state index in [0.717, 1.165) is 31.8 Å². The highest BCUT2D eigenvalue weighted by Gasteiger charge is 2.13. The molecular formula is C16H13N3O2S. The predicted octanol–water partition coefficient (Wildman–Crippen LogP) is 3.86. The molecule has 0 amide bonds. The van der Waals surface area contributed by atoms with Crippen LogP contribution >= 0.6 is 11.3 Å². The summed E-state index contributed by atoms with van der Waals surface area (Å²) in [5.41, 5.74) is 3.83. The Kier molecular flexibility index (Phi) is 2.97. The first-order chi connectivity index (χ1) is 10.8. The van der Waals surface area contributed by atoms with Crippen molar-refractivity contribution in [1.82, 2.24) is 15.0 Å². The van der Waals surface area contributed by atoms with Crippen LogP contribution in [-0.4, -0.2) is 29.2 Å². The van der Waals surface area contributed by atoms with Crippen molar-refractivity contribution in [2.45, 2.75) is 0 Å². The number of ether oxygens (including phenoxy) is 2. The molecule has 0 fully saturated rings. The van der Waals surface area contributed by atoms with Gasteiger partial charge in [-0.25, -0.2) is 9.97 Å². The third-order valence-electron chi connectivity index (χ3n) is 3.58. The van der Waals surface area contributed by atoms with Crippen LogP contribution in [0.15, 0.2) is 36.7 Å². The number of rotatable bonds is 3. The Morgan fingerprint density at radius 2 is 1.86 bits per heavy atom. The SMILES string of the molecule is COc1ccc(-c2nc3c(ccc4[nH]cnc43)s2)cc1OC. The number of H-pyrrole nitrogens is 1. The summed E-state index contributed by atoms with van der Waals surface area (Å²) in [5, 5.41) is 0.937. The molecule has 0 unspecified atom stereocenters. The van der Waals surface area contributed by atoms with Crippen LogP contribution in [0.4, 0.5) is 0 Å². The lowest BCUT2D eigenvalue weighted by Gasteiger charge is -2.08. The molecule has 5 nitrogen and oxygen atoms in total. The summed E-state index contributed by atoms with van der Waals surface area (Å²) in [6, 6.07) is 9.92. The van der Waals surface area contributed by atoms with Gasteiger partial charge in [-0.2, -0.15) is 0 Å². The lowest BCUT2D eigenvalue weighted by atomic mass is 10.2. The summed E-state index contributed by atoms with van der Waals surface area (Å²) >= 11 is 1.64. The third-order valence-corrected chi connectivity index (χ3v) is 4.65. The highest BCUT2D eigenvalue weighted by atomic mass is 32.1. The van der Waals surface area contributed by atoms with E-state index in [1.807, 2.05) is 24.3 Å². The summed E-state index contributed by atoms with van der Waals surface area (Å²) in [6.07, 6.45) is 1.69. The molecule has 0 aliphatic rings. The molecule has 4 aromatic rings. The number of benzene rings is 2. The minimum absolute atomic E-state index is 0.698. The number of nitrogens with one attached hydrogen (secondary N) is 1. The number of fused-ring (bicyclic) bond motifs is 3. The molecule has 0 spiro atoms. The zero-order valence-electron chi connectivity index (χ0n) is 12.1. The fourth-order valence-electron chi connectivity index (χ4n) is 2.49. The van der Waals surface area contributed by atoms with Crippen LogP contribution < -0.4 is 9.47 Å². The Morgan fingerprint density at radius 3 is 2.68 bits per heavy atom. The Morgan fingerprint density at radius 1 is 1.00 bits per heavy atom. The molecule has 1 N–H and O–H groups in total. The van der Waals surface area contributed by atoms with Gasteiger partial charge in [0.25, 0.3) is 0 Å². The van der Waals surface area contributed by atoms with Gasteiger partial charge in [0.1, 0.15) is 16.0 Å². The molecule has 2 aromatic heterocycles. The normalized spacial score (nSPS) is 11.2. The zero-order valence-corrected chi connectivity index (χ0v) is 12.9. The number of aromatic amines is 1. The Labute approximate surface area is 130 Å². The molecule has 4 rings (SSSR count). The second-order valence-electron chi connectivity index (χ2n) is 4.80. The van der Waals surface area contributed by atoms with Gasteiger partial charge in [-0.15, -0.1) is 11.3 Å². The molecule has 0 aliphatic carbocycles. The summed E-state index contributed by atoms with van der Waals surface area (Å²) in [7, 11) is 3.26. The van der Waals surface area contributed by atoms with Crippen molar-refractivity contribution in [1.29, 1.82) is 0 Å². The van der Waals surface area contributed by atoms with Crippen LogP contribution in [0.3, 0.4) is 0 Å². The number of thiazole rings is 1. The zero-order chi connectivity index (χ0) is 15.1. The van der Waals surface area contributed by atoms with Gasteiger partial charge in [0.15, 0.2) is 11.5 Å². The molecule has 0 bridgehead atoms. The lowest BCUT2D eigenvalue weighted by Crippen LogP contribution is -1.90. The molecule has 0 saturated carbocycles. The maximum atomic E-state index is 5.36. The first kappa shape index (κ1) is 13.1. The van der Waals surface area contributed by atoms with Gasteiger partial charge in [-0.1, -0.05) is 0 Å². The maximum absolute atomic E-state index is 5.36. The number of hydrogen-bond donors (Lipinski definition) is 1. The van der Waals surface area contributed by atoms with Gasteiger partial charge < -0.3 is 14.5 Å². The minimum atomic E-state index is 0.698.